The van der Waals surface area contributed by atoms with Crippen LogP contribution in [0.15, 0.2) is 24.3 Å². The highest BCUT2D eigenvalue weighted by Crippen LogP contribution is 2.33. The van der Waals surface area contributed by atoms with Crippen molar-refractivity contribution < 1.29 is 19.1 Å². The number of ether oxygens (including phenoxy) is 1. The molecule has 3 fully saturated rings. The lowest BCUT2D eigenvalue weighted by Crippen LogP contribution is -2.60. The lowest BCUT2D eigenvalue weighted by molar-refractivity contribution is -0.142. The van der Waals surface area contributed by atoms with Crippen molar-refractivity contribution in [2.75, 3.05) is 19.7 Å². The summed E-state index contributed by atoms with van der Waals surface area (Å²) < 4.78 is 5.70. The van der Waals surface area contributed by atoms with Crippen LogP contribution in [0.4, 0.5) is 4.79 Å². The van der Waals surface area contributed by atoms with E-state index in [1.54, 1.807) is 9.80 Å². The number of nitrogens with zero attached hydrogens (tertiary/aromatic N) is 2. The molecule has 0 radical (unpaired) electrons. The van der Waals surface area contributed by atoms with Gasteiger partial charge in [-0.2, -0.15) is 0 Å². The minimum absolute atomic E-state index is 0.0807. The summed E-state index contributed by atoms with van der Waals surface area (Å²) in [5.74, 6) is 0.407. The van der Waals surface area contributed by atoms with Gasteiger partial charge in [0.2, 0.25) is 11.8 Å². The van der Waals surface area contributed by atoms with E-state index in [1.807, 2.05) is 24.3 Å². The summed E-state index contributed by atoms with van der Waals surface area (Å²) in [6, 6.07) is 6.26. The van der Waals surface area contributed by atoms with E-state index in [1.165, 1.54) is 0 Å². The molecule has 1 saturated carbocycles. The van der Waals surface area contributed by atoms with Crippen LogP contribution in [-0.4, -0.2) is 71.5 Å². The van der Waals surface area contributed by atoms with E-state index >= 15 is 0 Å². The number of carbonyl (C=O) groups excluding carboxylic acids is 3. The molecule has 1 aliphatic carbocycles. The molecular formula is C23H31N5O4. The maximum absolute atomic E-state index is 13.3. The average molecular weight is 442 g/mol. The zero-order valence-electron chi connectivity index (χ0n) is 18.2. The van der Waals surface area contributed by atoms with Crippen molar-refractivity contribution in [3.05, 3.63) is 29.8 Å². The Morgan fingerprint density at radius 3 is 2.66 bits per heavy atom. The van der Waals surface area contributed by atoms with Crippen molar-refractivity contribution in [1.82, 2.24) is 20.4 Å². The topological polar surface area (TPSA) is 117 Å². The Morgan fingerprint density at radius 2 is 1.84 bits per heavy atom. The molecule has 4 amide bonds. The van der Waals surface area contributed by atoms with Gasteiger partial charge in [0.1, 0.15) is 17.8 Å². The summed E-state index contributed by atoms with van der Waals surface area (Å²) in [7, 11) is 0. The fourth-order valence-electron chi connectivity index (χ4n) is 5.10. The molecule has 2 saturated heterocycles. The first-order chi connectivity index (χ1) is 15.5. The van der Waals surface area contributed by atoms with Gasteiger partial charge in [0.15, 0.2) is 0 Å². The van der Waals surface area contributed by atoms with Gasteiger partial charge in [0.05, 0.1) is 12.6 Å². The van der Waals surface area contributed by atoms with Crippen LogP contribution in [0.3, 0.4) is 0 Å². The van der Waals surface area contributed by atoms with Crippen molar-refractivity contribution in [2.24, 2.45) is 5.73 Å². The van der Waals surface area contributed by atoms with Crippen molar-refractivity contribution in [1.29, 1.82) is 0 Å². The molecule has 0 unspecified atom stereocenters. The Hall–Kier alpha value is -2.81. The summed E-state index contributed by atoms with van der Waals surface area (Å²) in [6.07, 6.45) is 4.70. The van der Waals surface area contributed by atoms with Crippen LogP contribution in [0.1, 0.15) is 50.1 Å². The zero-order chi connectivity index (χ0) is 22.2. The number of carbonyl (C=O) groups is 3. The number of nitrogens with two attached hydrogens (primary N) is 1. The quantitative estimate of drug-likeness (QED) is 0.644. The summed E-state index contributed by atoms with van der Waals surface area (Å²) in [4.78, 5) is 42.4. The molecule has 5 rings (SSSR count). The molecule has 4 N–H and O–H groups in total. The van der Waals surface area contributed by atoms with E-state index in [0.29, 0.717) is 32.4 Å². The third-order valence-electron chi connectivity index (χ3n) is 6.99. The fraction of sp³-hybridized carbons (Fsp3) is 0.609. The number of amides is 4. The molecule has 172 valence electrons. The number of fused-ring (bicyclic) bond motifs is 2. The summed E-state index contributed by atoms with van der Waals surface area (Å²) in [5.41, 5.74) is 7.19. The standard InChI is InChI=1S/C23H31N5O4/c24-17-13-27(23(31)25-14-5-6-14)11-9-15-7-8-19(28(15)22(17)30)21(29)26-18-10-12-32-20-4-2-1-3-16(18)20/h1-4,14-15,17-19H,5-13,24H2,(H,25,31)(H,26,29)/t15-,17+,18-,19+/m1/s1. The van der Waals surface area contributed by atoms with Crippen LogP contribution in [0.5, 0.6) is 5.75 Å². The maximum atomic E-state index is 13.3. The third-order valence-corrected chi connectivity index (χ3v) is 6.99. The minimum Gasteiger partial charge on any atom is -0.493 e. The van der Waals surface area contributed by atoms with Gasteiger partial charge >= 0.3 is 6.03 Å². The number of hydrogen-bond donors (Lipinski definition) is 3. The first-order valence-corrected chi connectivity index (χ1v) is 11.7. The van der Waals surface area contributed by atoms with E-state index in [-0.39, 0.29) is 42.5 Å². The Balaban J connectivity index is 1.27. The van der Waals surface area contributed by atoms with Crippen LogP contribution in [0.2, 0.25) is 0 Å². The van der Waals surface area contributed by atoms with Crippen LogP contribution in [0.25, 0.3) is 0 Å². The highest BCUT2D eigenvalue weighted by Gasteiger charge is 2.45. The third kappa shape index (κ3) is 4.13. The van der Waals surface area contributed by atoms with Crippen LogP contribution in [-0.2, 0) is 9.59 Å². The Kier molecular flexibility index (Phi) is 5.67. The molecule has 0 aromatic heterocycles. The van der Waals surface area contributed by atoms with Gasteiger partial charge in [-0.15, -0.1) is 0 Å². The van der Waals surface area contributed by atoms with Crippen molar-refractivity contribution in [3.63, 3.8) is 0 Å². The summed E-state index contributed by atoms with van der Waals surface area (Å²) in [5, 5.41) is 6.13. The summed E-state index contributed by atoms with van der Waals surface area (Å²) >= 11 is 0. The summed E-state index contributed by atoms with van der Waals surface area (Å²) in [6.45, 7) is 1.24. The largest absolute Gasteiger partial charge is 0.493 e. The van der Waals surface area contributed by atoms with Gasteiger partial charge in [-0.3, -0.25) is 9.59 Å². The van der Waals surface area contributed by atoms with E-state index in [0.717, 1.165) is 30.6 Å². The second-order valence-electron chi connectivity index (χ2n) is 9.29. The molecule has 0 bridgehead atoms. The predicted octanol–water partition coefficient (Wildman–Crippen LogP) is 0.891. The Bertz CT molecular complexity index is 904. The van der Waals surface area contributed by atoms with Gasteiger partial charge in [-0.1, -0.05) is 18.2 Å². The van der Waals surface area contributed by atoms with Gasteiger partial charge in [-0.05, 0) is 38.2 Å². The molecule has 32 heavy (non-hydrogen) atoms. The number of urea groups is 1. The second-order valence-corrected chi connectivity index (χ2v) is 9.29. The normalized spacial score (nSPS) is 29.8. The number of benzene rings is 1. The highest BCUT2D eigenvalue weighted by atomic mass is 16.5. The molecule has 3 aliphatic heterocycles. The predicted molar refractivity (Wildman–Crippen MR) is 117 cm³/mol. The molecule has 0 spiro atoms. The monoisotopic (exact) mass is 441 g/mol. The van der Waals surface area contributed by atoms with E-state index in [2.05, 4.69) is 10.6 Å². The molecule has 3 heterocycles. The smallest absolute Gasteiger partial charge is 0.317 e. The van der Waals surface area contributed by atoms with Gasteiger partial charge in [0, 0.05) is 37.2 Å². The number of hydrogen-bond acceptors (Lipinski definition) is 5. The second kappa shape index (κ2) is 8.61. The minimum atomic E-state index is -0.833. The molecule has 4 atom stereocenters. The first-order valence-electron chi connectivity index (χ1n) is 11.7. The average Bonchev–Trinajstić information content (AvgIpc) is 3.50. The van der Waals surface area contributed by atoms with Gasteiger partial charge in [0.25, 0.3) is 0 Å². The highest BCUT2D eigenvalue weighted by molar-refractivity contribution is 5.91. The molecule has 9 nitrogen and oxygen atoms in total. The van der Waals surface area contributed by atoms with Crippen molar-refractivity contribution in [2.45, 2.75) is 68.7 Å². The van der Waals surface area contributed by atoms with Crippen LogP contribution < -0.4 is 21.1 Å². The zero-order valence-corrected chi connectivity index (χ0v) is 18.2. The molecule has 9 heteroatoms. The molecular weight excluding hydrogens is 410 g/mol. The van der Waals surface area contributed by atoms with Crippen molar-refractivity contribution in [3.8, 4) is 5.75 Å². The Morgan fingerprint density at radius 1 is 1.03 bits per heavy atom. The maximum Gasteiger partial charge on any atom is 0.317 e. The van der Waals surface area contributed by atoms with Gasteiger partial charge in [-0.25, -0.2) is 4.79 Å². The number of rotatable bonds is 3. The molecule has 1 aromatic rings. The van der Waals surface area contributed by atoms with Crippen LogP contribution in [0, 0.1) is 0 Å². The number of nitrogens with one attached hydrogen (secondary N) is 2. The van der Waals surface area contributed by atoms with E-state index < -0.39 is 12.1 Å². The van der Waals surface area contributed by atoms with Gasteiger partial charge < -0.3 is 30.9 Å². The fourth-order valence-corrected chi connectivity index (χ4v) is 5.10. The van der Waals surface area contributed by atoms with E-state index in [4.69, 9.17) is 10.5 Å². The molecule has 1 aromatic carbocycles. The number of para-hydroxylation sites is 1. The van der Waals surface area contributed by atoms with Crippen molar-refractivity contribution >= 4 is 17.8 Å². The molecule has 4 aliphatic rings. The lowest BCUT2D eigenvalue weighted by Gasteiger charge is -2.38. The first kappa shape index (κ1) is 21.1. The van der Waals surface area contributed by atoms with E-state index in [9.17, 15) is 14.4 Å². The lowest BCUT2D eigenvalue weighted by atomic mass is 10.00. The SMILES string of the molecule is N[C@H]1CN(C(=O)NC2CC2)CC[C@H]2CC[C@@H](C(=O)N[C@@H]3CCOc4ccccc43)N2C1=O. The Labute approximate surface area is 187 Å². The van der Waals surface area contributed by atoms with Crippen LogP contribution >= 0.6 is 0 Å².